The minimum absolute atomic E-state index is 0.0239. The molecular weight excluding hydrogens is 727 g/mol. The molecule has 2 aromatic rings. The number of aromatic amines is 1. The predicted molar refractivity (Wildman–Crippen MR) is 160 cm³/mol. The van der Waals surface area contributed by atoms with E-state index in [2.05, 4.69) is 9.97 Å². The fraction of sp³-hybridized carbons (Fsp3) is 0.652. The van der Waals surface area contributed by atoms with Crippen LogP contribution in [-0.2, 0) is 36.7 Å². The maximum absolute atomic E-state index is 13.2. The molecule has 240 valence electrons. The van der Waals surface area contributed by atoms with Crippen LogP contribution in [0.5, 0.6) is 0 Å². The zero-order valence-corrected chi connectivity index (χ0v) is 27.7. The number of nitrogens with zero attached hydrogens (tertiary/aromatic N) is 3. The molecule has 2 saturated heterocycles. The van der Waals surface area contributed by atoms with Gasteiger partial charge in [-0.3, -0.25) is 28.0 Å². The smallest absolute Gasteiger partial charge is 0.351 e. The zero-order chi connectivity index (χ0) is 31.7. The summed E-state index contributed by atoms with van der Waals surface area (Å²) < 4.78 is 62.7. The largest absolute Gasteiger partial charge is 0.390 e. The fourth-order valence-electron chi connectivity index (χ4n) is 4.60. The van der Waals surface area contributed by atoms with Crippen molar-refractivity contribution in [1.29, 1.82) is 0 Å². The predicted octanol–water partition coefficient (Wildman–Crippen LogP) is 1.41. The first-order valence-corrected chi connectivity index (χ1v) is 18.2. The molecule has 2 fully saturated rings. The highest BCUT2D eigenvalue weighted by molar-refractivity contribution is 14.1. The van der Waals surface area contributed by atoms with Gasteiger partial charge in [-0.15, -0.1) is 0 Å². The zero-order valence-electron chi connectivity index (χ0n) is 23.7. The highest BCUT2D eigenvalue weighted by atomic mass is 127. The molecule has 20 heteroatoms. The number of aliphatic hydroxyl groups excluding tert-OH is 1. The van der Waals surface area contributed by atoms with E-state index in [1.54, 1.807) is 36.4 Å². The standard InChI is InChI=1S/C23H34IN5O12P2/c1-12(2)40-43(4,35)41-15-8-20(28-6-5-18(25)26-22(28)32)39-17(15)11-37-42(3,34)36-10-16-14(30)7-19(38-16)29-9-13(24)21(31)27-23(29)33/h5-6,9,12,14-17,19-20,30H,7-8,10-11H2,1-4H3,(H2,25,26,32)(H,27,31,33)/t14?,15-,16-,17-,19-,20-,42?,43?/m1/s1. The summed E-state index contributed by atoms with van der Waals surface area (Å²) in [5.41, 5.74) is 3.67. The van der Waals surface area contributed by atoms with E-state index in [0.717, 1.165) is 4.57 Å². The third-order valence-electron chi connectivity index (χ3n) is 6.46. The van der Waals surface area contributed by atoms with E-state index in [4.69, 9.17) is 33.3 Å². The molecule has 0 saturated carbocycles. The highest BCUT2D eigenvalue weighted by Gasteiger charge is 2.43. The number of rotatable bonds is 12. The number of hydrogen-bond donors (Lipinski definition) is 3. The van der Waals surface area contributed by atoms with Gasteiger partial charge in [0.25, 0.3) is 5.56 Å². The van der Waals surface area contributed by atoms with Crippen LogP contribution in [0.4, 0.5) is 5.82 Å². The second-order valence-electron chi connectivity index (χ2n) is 10.4. The summed E-state index contributed by atoms with van der Waals surface area (Å²) in [6.45, 7) is 5.24. The molecule has 0 spiro atoms. The number of nitrogens with one attached hydrogen (secondary N) is 1. The minimum atomic E-state index is -3.79. The van der Waals surface area contributed by atoms with Crippen molar-refractivity contribution in [2.24, 2.45) is 0 Å². The van der Waals surface area contributed by atoms with Crippen molar-refractivity contribution in [3.8, 4) is 0 Å². The van der Waals surface area contributed by atoms with Gasteiger partial charge in [-0.1, -0.05) is 0 Å². The molecule has 0 bridgehead atoms. The number of anilines is 1. The summed E-state index contributed by atoms with van der Waals surface area (Å²) in [5.74, 6) is 0.0302. The van der Waals surface area contributed by atoms with Gasteiger partial charge in [0.2, 0.25) is 0 Å². The lowest BCUT2D eigenvalue weighted by molar-refractivity contribution is -0.0517. The minimum Gasteiger partial charge on any atom is -0.390 e. The number of ether oxygens (including phenoxy) is 2. The molecule has 43 heavy (non-hydrogen) atoms. The molecule has 2 aliphatic rings. The van der Waals surface area contributed by atoms with Crippen molar-refractivity contribution in [2.45, 2.75) is 69.7 Å². The van der Waals surface area contributed by atoms with Crippen LogP contribution in [-0.4, -0.2) is 81.3 Å². The Hall–Kier alpha value is -1.73. The molecule has 4 heterocycles. The molecule has 8 atom stereocenters. The van der Waals surface area contributed by atoms with Gasteiger partial charge in [-0.05, 0) is 42.5 Å². The lowest BCUT2D eigenvalue weighted by Crippen LogP contribution is -2.33. The van der Waals surface area contributed by atoms with E-state index in [1.807, 2.05) is 0 Å². The topological polar surface area (TPSA) is 226 Å². The number of nitrogen functional groups attached to an aromatic ring is 1. The number of aromatic nitrogens is 4. The molecule has 0 aliphatic carbocycles. The van der Waals surface area contributed by atoms with Gasteiger partial charge in [0.05, 0.1) is 35.1 Å². The first kappa shape index (κ1) is 34.1. The number of halogens is 1. The van der Waals surface area contributed by atoms with Crippen molar-refractivity contribution >= 4 is 43.6 Å². The number of nitrogens with two attached hydrogens (primary N) is 1. The van der Waals surface area contributed by atoms with Crippen LogP contribution in [0.25, 0.3) is 0 Å². The fourth-order valence-corrected chi connectivity index (χ4v) is 7.47. The van der Waals surface area contributed by atoms with Crippen molar-refractivity contribution in [1.82, 2.24) is 19.1 Å². The lowest BCUT2D eigenvalue weighted by atomic mass is 10.2. The molecule has 0 amide bonds. The van der Waals surface area contributed by atoms with Crippen LogP contribution in [0.2, 0.25) is 0 Å². The number of aliphatic hydroxyl groups is 1. The average molecular weight is 761 g/mol. The van der Waals surface area contributed by atoms with E-state index < -0.39 is 75.1 Å². The van der Waals surface area contributed by atoms with Gasteiger partial charge in [0, 0.05) is 38.6 Å². The molecule has 4 rings (SSSR count). The summed E-state index contributed by atoms with van der Waals surface area (Å²) >= 11 is 1.77. The molecule has 0 aromatic carbocycles. The number of H-pyrrole nitrogens is 1. The van der Waals surface area contributed by atoms with Gasteiger partial charge >= 0.3 is 26.6 Å². The molecular formula is C23H34IN5O12P2. The Kier molecular flexibility index (Phi) is 10.9. The van der Waals surface area contributed by atoms with Crippen molar-refractivity contribution in [3.05, 3.63) is 53.4 Å². The van der Waals surface area contributed by atoms with Crippen molar-refractivity contribution in [3.63, 3.8) is 0 Å². The van der Waals surface area contributed by atoms with E-state index in [9.17, 15) is 28.6 Å². The monoisotopic (exact) mass is 761 g/mol. The van der Waals surface area contributed by atoms with Crippen LogP contribution < -0.4 is 22.7 Å². The Morgan fingerprint density at radius 3 is 2.37 bits per heavy atom. The van der Waals surface area contributed by atoms with Crippen LogP contribution in [0, 0.1) is 3.57 Å². The maximum atomic E-state index is 13.2. The van der Waals surface area contributed by atoms with Crippen LogP contribution in [0.3, 0.4) is 0 Å². The molecule has 0 radical (unpaired) electrons. The second kappa shape index (κ2) is 13.7. The number of hydrogen-bond acceptors (Lipinski definition) is 14. The van der Waals surface area contributed by atoms with E-state index >= 15 is 0 Å². The molecule has 2 aromatic heterocycles. The maximum Gasteiger partial charge on any atom is 0.351 e. The first-order chi connectivity index (χ1) is 20.0. The van der Waals surface area contributed by atoms with Crippen molar-refractivity contribution < 1.29 is 41.8 Å². The summed E-state index contributed by atoms with van der Waals surface area (Å²) in [4.78, 5) is 42.1. The third-order valence-corrected chi connectivity index (χ3v) is 9.92. The van der Waals surface area contributed by atoms with E-state index in [-0.39, 0.29) is 35.4 Å². The SMILES string of the molecule is CC(C)OP(C)(=O)O[C@@H]1C[C@H](n2ccc(N)nc2=O)O[C@@H]1COP(C)(=O)OC[C@H]1O[C@@H](n2cc(I)c(=O)[nH]c2=O)CC1O. The van der Waals surface area contributed by atoms with Gasteiger partial charge in [0.15, 0.2) is 0 Å². The van der Waals surface area contributed by atoms with Crippen molar-refractivity contribution in [2.75, 3.05) is 32.3 Å². The summed E-state index contributed by atoms with van der Waals surface area (Å²) in [7, 11) is -7.35. The summed E-state index contributed by atoms with van der Waals surface area (Å²) in [6, 6.07) is 1.42. The Morgan fingerprint density at radius 1 is 1.09 bits per heavy atom. The van der Waals surface area contributed by atoms with E-state index in [0.29, 0.717) is 0 Å². The Balaban J connectivity index is 1.40. The van der Waals surface area contributed by atoms with Gasteiger partial charge < -0.3 is 38.4 Å². The quantitative estimate of drug-likeness (QED) is 0.206. The van der Waals surface area contributed by atoms with E-state index in [1.165, 1.54) is 36.4 Å². The summed E-state index contributed by atoms with van der Waals surface area (Å²) in [6.07, 6.45) is -3.19. The normalized spacial score (nSPS) is 28.6. The average Bonchev–Trinajstić information content (AvgIpc) is 3.45. The van der Waals surface area contributed by atoms with Crippen LogP contribution >= 0.6 is 37.8 Å². The Labute approximate surface area is 259 Å². The van der Waals surface area contributed by atoms with Crippen LogP contribution in [0.1, 0.15) is 39.1 Å². The lowest BCUT2D eigenvalue weighted by Gasteiger charge is -2.25. The molecule has 3 unspecified atom stereocenters. The van der Waals surface area contributed by atoms with Gasteiger partial charge in [-0.25, -0.2) is 9.59 Å². The second-order valence-corrected chi connectivity index (χ2v) is 15.6. The Morgan fingerprint density at radius 2 is 1.72 bits per heavy atom. The van der Waals surface area contributed by atoms with Gasteiger partial charge in [0.1, 0.15) is 30.5 Å². The molecule has 4 N–H and O–H groups in total. The van der Waals surface area contributed by atoms with Crippen LogP contribution in [0.15, 0.2) is 32.8 Å². The third kappa shape index (κ3) is 8.93. The van der Waals surface area contributed by atoms with Gasteiger partial charge in [-0.2, -0.15) is 4.98 Å². The summed E-state index contributed by atoms with van der Waals surface area (Å²) in [5, 5.41) is 10.5. The molecule has 17 nitrogen and oxygen atoms in total. The first-order valence-electron chi connectivity index (χ1n) is 13.2. The Bertz CT molecular complexity index is 1580. The molecule has 2 aliphatic heterocycles. The highest BCUT2D eigenvalue weighted by Crippen LogP contribution is 2.51.